The van der Waals surface area contributed by atoms with Gasteiger partial charge in [-0.15, -0.1) is 0 Å². The van der Waals surface area contributed by atoms with Crippen LogP contribution in [0.25, 0.3) is 11.2 Å². The number of aromatic nitrogens is 5. The maximum atomic E-state index is 6.12. The summed E-state index contributed by atoms with van der Waals surface area (Å²) in [5, 5.41) is 8.10. The SMILES string of the molecule is CN1CCN(c2n[nH]c3nc(N4CCC(C)(CN)CC4)cnc23)c2ccc(Cl)nc21. The number of hydrogen-bond donors (Lipinski definition) is 2. The second-order valence-electron chi connectivity index (χ2n) is 8.52. The number of piperidine rings is 1. The van der Waals surface area contributed by atoms with Crippen molar-refractivity contribution in [2.75, 3.05) is 54.5 Å². The van der Waals surface area contributed by atoms with E-state index in [0.29, 0.717) is 10.8 Å². The molecule has 3 aromatic heterocycles. The fourth-order valence-electron chi connectivity index (χ4n) is 4.21. The molecule has 0 bridgehead atoms. The minimum absolute atomic E-state index is 0.223. The van der Waals surface area contributed by atoms with Gasteiger partial charge in [-0.1, -0.05) is 18.5 Å². The number of pyridine rings is 1. The fraction of sp³-hybridized carbons (Fsp3) is 0.500. The van der Waals surface area contributed by atoms with Gasteiger partial charge in [-0.05, 0) is 36.9 Å². The molecule has 3 N–H and O–H groups in total. The lowest BCUT2D eigenvalue weighted by atomic mass is 9.80. The van der Waals surface area contributed by atoms with Crippen LogP contribution in [0.15, 0.2) is 18.3 Å². The molecule has 1 saturated heterocycles. The zero-order valence-electron chi connectivity index (χ0n) is 17.3. The number of likely N-dealkylation sites (N-methyl/N-ethyl adjacent to an activating group) is 1. The number of nitrogens with two attached hydrogens (primary N) is 1. The highest BCUT2D eigenvalue weighted by Crippen LogP contribution is 2.38. The Kier molecular flexibility index (Phi) is 4.67. The number of nitrogens with one attached hydrogen (secondary N) is 1. The van der Waals surface area contributed by atoms with Gasteiger partial charge in [-0.25, -0.2) is 15.0 Å². The van der Waals surface area contributed by atoms with E-state index < -0.39 is 0 Å². The second kappa shape index (κ2) is 7.24. The first-order chi connectivity index (χ1) is 14.5. The van der Waals surface area contributed by atoms with Crippen molar-refractivity contribution in [1.29, 1.82) is 0 Å². The van der Waals surface area contributed by atoms with E-state index in [0.717, 1.165) is 74.2 Å². The van der Waals surface area contributed by atoms with Crippen LogP contribution in [0.4, 0.5) is 23.1 Å². The number of hydrogen-bond acceptors (Lipinski definition) is 8. The fourth-order valence-corrected chi connectivity index (χ4v) is 4.35. The van der Waals surface area contributed by atoms with Crippen molar-refractivity contribution in [2.24, 2.45) is 11.1 Å². The van der Waals surface area contributed by atoms with Crippen LogP contribution in [0.3, 0.4) is 0 Å². The van der Waals surface area contributed by atoms with Gasteiger partial charge in [0.25, 0.3) is 0 Å². The van der Waals surface area contributed by atoms with Crippen molar-refractivity contribution in [3.63, 3.8) is 0 Å². The van der Waals surface area contributed by atoms with Crippen molar-refractivity contribution in [2.45, 2.75) is 19.8 Å². The summed E-state index contributed by atoms with van der Waals surface area (Å²) in [6.07, 6.45) is 3.97. The number of H-pyrrole nitrogens is 1. The maximum absolute atomic E-state index is 6.12. The zero-order chi connectivity index (χ0) is 20.9. The first-order valence-corrected chi connectivity index (χ1v) is 10.7. The van der Waals surface area contributed by atoms with Gasteiger partial charge in [0.1, 0.15) is 11.0 Å². The Morgan fingerprint density at radius 2 is 1.93 bits per heavy atom. The minimum Gasteiger partial charge on any atom is -0.356 e. The van der Waals surface area contributed by atoms with E-state index >= 15 is 0 Å². The van der Waals surface area contributed by atoms with Gasteiger partial charge in [0.05, 0.1) is 11.9 Å². The number of anilines is 4. The molecule has 9 nitrogen and oxygen atoms in total. The van der Waals surface area contributed by atoms with Crippen LogP contribution >= 0.6 is 11.6 Å². The average molecular weight is 428 g/mol. The Bertz CT molecular complexity index is 1070. The normalized spacial score (nSPS) is 18.7. The molecular formula is C20H26ClN9. The van der Waals surface area contributed by atoms with Gasteiger partial charge in [0.2, 0.25) is 0 Å². The lowest BCUT2D eigenvalue weighted by Crippen LogP contribution is -2.42. The third kappa shape index (κ3) is 3.22. The van der Waals surface area contributed by atoms with E-state index in [1.807, 2.05) is 19.3 Å². The molecular weight excluding hydrogens is 402 g/mol. The smallest absolute Gasteiger partial charge is 0.183 e. The average Bonchev–Trinajstić information content (AvgIpc) is 3.18. The first kappa shape index (κ1) is 19.3. The highest BCUT2D eigenvalue weighted by Gasteiger charge is 2.30. The topological polar surface area (TPSA) is 103 Å². The molecule has 0 saturated carbocycles. The summed E-state index contributed by atoms with van der Waals surface area (Å²) < 4.78 is 0. The van der Waals surface area contributed by atoms with Crippen molar-refractivity contribution < 1.29 is 0 Å². The summed E-state index contributed by atoms with van der Waals surface area (Å²) >= 11 is 6.12. The van der Waals surface area contributed by atoms with Crippen molar-refractivity contribution in [1.82, 2.24) is 25.1 Å². The molecule has 2 aliphatic rings. The summed E-state index contributed by atoms with van der Waals surface area (Å²) in [7, 11) is 2.02. The first-order valence-electron chi connectivity index (χ1n) is 10.3. The number of aromatic amines is 1. The van der Waals surface area contributed by atoms with E-state index in [9.17, 15) is 0 Å². The molecule has 0 spiro atoms. The predicted molar refractivity (Wildman–Crippen MR) is 120 cm³/mol. The highest BCUT2D eigenvalue weighted by molar-refractivity contribution is 6.29. The van der Waals surface area contributed by atoms with E-state index in [2.05, 4.69) is 36.8 Å². The molecule has 0 unspecified atom stereocenters. The monoisotopic (exact) mass is 427 g/mol. The zero-order valence-corrected chi connectivity index (χ0v) is 18.0. The Balaban J connectivity index is 1.45. The third-order valence-electron chi connectivity index (χ3n) is 6.41. The largest absolute Gasteiger partial charge is 0.356 e. The van der Waals surface area contributed by atoms with E-state index in [-0.39, 0.29) is 5.41 Å². The minimum atomic E-state index is 0.223. The van der Waals surface area contributed by atoms with Crippen molar-refractivity contribution in [3.05, 3.63) is 23.5 Å². The molecule has 0 aliphatic carbocycles. The van der Waals surface area contributed by atoms with E-state index in [1.165, 1.54) is 0 Å². The van der Waals surface area contributed by atoms with Gasteiger partial charge in [0, 0.05) is 33.2 Å². The number of halogens is 1. The summed E-state index contributed by atoms with van der Waals surface area (Å²) in [5.41, 5.74) is 8.58. The molecule has 30 heavy (non-hydrogen) atoms. The van der Waals surface area contributed by atoms with Crippen LogP contribution in [0.2, 0.25) is 5.15 Å². The van der Waals surface area contributed by atoms with Crippen LogP contribution in [0.5, 0.6) is 0 Å². The Morgan fingerprint density at radius 3 is 2.70 bits per heavy atom. The van der Waals surface area contributed by atoms with Gasteiger partial charge < -0.3 is 20.4 Å². The van der Waals surface area contributed by atoms with Crippen LogP contribution in [-0.2, 0) is 0 Å². The van der Waals surface area contributed by atoms with Gasteiger partial charge in [0.15, 0.2) is 22.8 Å². The Hall–Kier alpha value is -2.65. The van der Waals surface area contributed by atoms with Crippen molar-refractivity contribution >= 4 is 45.9 Å². The number of nitrogens with zero attached hydrogens (tertiary/aromatic N) is 7. The number of fused-ring (bicyclic) bond motifs is 2. The van der Waals surface area contributed by atoms with Gasteiger partial charge >= 0.3 is 0 Å². The Labute approximate surface area is 180 Å². The van der Waals surface area contributed by atoms with Crippen LogP contribution in [0.1, 0.15) is 19.8 Å². The molecule has 158 valence electrons. The Morgan fingerprint density at radius 1 is 1.13 bits per heavy atom. The molecule has 0 radical (unpaired) electrons. The van der Waals surface area contributed by atoms with Crippen LogP contribution < -0.4 is 20.4 Å². The van der Waals surface area contributed by atoms with Gasteiger partial charge in [-0.2, -0.15) is 5.10 Å². The summed E-state index contributed by atoms with van der Waals surface area (Å²) in [6, 6.07) is 3.78. The van der Waals surface area contributed by atoms with Gasteiger partial charge in [-0.3, -0.25) is 5.10 Å². The van der Waals surface area contributed by atoms with E-state index in [1.54, 1.807) is 6.07 Å². The lowest BCUT2D eigenvalue weighted by molar-refractivity contribution is 0.258. The quantitative estimate of drug-likeness (QED) is 0.614. The summed E-state index contributed by atoms with van der Waals surface area (Å²) in [6.45, 7) is 6.45. The molecule has 3 aromatic rings. The third-order valence-corrected chi connectivity index (χ3v) is 6.62. The molecule has 2 aliphatic heterocycles. The molecule has 1 fully saturated rings. The van der Waals surface area contributed by atoms with E-state index in [4.69, 9.17) is 27.3 Å². The second-order valence-corrected chi connectivity index (χ2v) is 8.91. The van der Waals surface area contributed by atoms with Crippen molar-refractivity contribution in [3.8, 4) is 0 Å². The standard InChI is InChI=1S/C20H26ClN9/c1-20(12-22)5-7-29(8-6-20)15-11-23-16-17(25-15)26-27-19(16)30-10-9-28(2)18-13(30)3-4-14(21)24-18/h3-4,11H,5-10,12,22H2,1-2H3,(H,25,26,27). The lowest BCUT2D eigenvalue weighted by Gasteiger charge is -2.39. The number of rotatable bonds is 3. The highest BCUT2D eigenvalue weighted by atomic mass is 35.5. The molecule has 5 rings (SSSR count). The molecule has 0 atom stereocenters. The molecule has 0 amide bonds. The summed E-state index contributed by atoms with van der Waals surface area (Å²) in [5.74, 6) is 2.48. The molecule has 5 heterocycles. The molecule has 0 aromatic carbocycles. The van der Waals surface area contributed by atoms with Crippen LogP contribution in [0, 0.1) is 5.41 Å². The summed E-state index contributed by atoms with van der Waals surface area (Å²) in [4.78, 5) is 20.5. The maximum Gasteiger partial charge on any atom is 0.183 e. The molecule has 10 heteroatoms. The van der Waals surface area contributed by atoms with Crippen LogP contribution in [-0.4, -0.2) is 64.9 Å². The predicted octanol–water partition coefficient (Wildman–Crippen LogP) is 2.55.